The lowest BCUT2D eigenvalue weighted by molar-refractivity contribution is -0.113. The molecule has 1 amide bonds. The number of aromatic hydroxyl groups is 1. The molecule has 1 saturated heterocycles. The largest absolute Gasteiger partial charge is 0.503 e. The smallest absolute Gasteiger partial charge is 0.286 e. The molecule has 0 unspecified atom stereocenters. The maximum Gasteiger partial charge on any atom is 0.286 e. The summed E-state index contributed by atoms with van der Waals surface area (Å²) in [7, 11) is 0. The van der Waals surface area contributed by atoms with Gasteiger partial charge < -0.3 is 19.5 Å². The van der Waals surface area contributed by atoms with Crippen molar-refractivity contribution in [3.05, 3.63) is 27.6 Å². The van der Waals surface area contributed by atoms with Gasteiger partial charge in [-0.3, -0.25) is 4.79 Å². The highest BCUT2D eigenvalue weighted by atomic mass is 35.5. The van der Waals surface area contributed by atoms with E-state index in [0.29, 0.717) is 41.2 Å². The number of hydrogen-bond donors (Lipinski definition) is 1. The van der Waals surface area contributed by atoms with Crippen molar-refractivity contribution in [3.8, 4) is 11.5 Å². The van der Waals surface area contributed by atoms with Crippen LogP contribution < -0.4 is 4.74 Å². The van der Waals surface area contributed by atoms with Gasteiger partial charge in [-0.05, 0) is 42.5 Å². The zero-order chi connectivity index (χ0) is 17.1. The van der Waals surface area contributed by atoms with Gasteiger partial charge in [0.15, 0.2) is 16.7 Å². The fourth-order valence-electron chi connectivity index (χ4n) is 2.38. The molecule has 1 fully saturated rings. The van der Waals surface area contributed by atoms with E-state index in [1.807, 2.05) is 11.8 Å². The normalized spacial score (nSPS) is 19.8. The van der Waals surface area contributed by atoms with Crippen molar-refractivity contribution < 1.29 is 19.4 Å². The molecular weight excluding hydrogens is 352 g/mol. The molecule has 6 nitrogen and oxygen atoms in total. The van der Waals surface area contributed by atoms with Gasteiger partial charge in [0.25, 0.3) is 5.91 Å². The number of phenolic OH excluding ortho intramolecular Hbond substituents is 1. The van der Waals surface area contributed by atoms with Crippen LogP contribution in [0, 0.1) is 0 Å². The van der Waals surface area contributed by atoms with Crippen molar-refractivity contribution in [1.82, 2.24) is 4.90 Å². The number of carbonyl (C=O) groups excluding carboxylic acids is 1. The van der Waals surface area contributed by atoms with Gasteiger partial charge in [-0.2, -0.15) is 4.99 Å². The molecule has 8 heteroatoms. The van der Waals surface area contributed by atoms with E-state index < -0.39 is 0 Å². The van der Waals surface area contributed by atoms with E-state index in [1.54, 1.807) is 18.2 Å². The molecule has 1 aromatic rings. The first-order valence-electron chi connectivity index (χ1n) is 7.59. The number of thioether (sulfide) groups is 1. The maximum absolute atomic E-state index is 12.1. The van der Waals surface area contributed by atoms with E-state index in [1.165, 1.54) is 11.8 Å². The van der Waals surface area contributed by atoms with Crippen molar-refractivity contribution in [2.75, 3.05) is 32.9 Å². The standard InChI is InChI=1S/C16H17ClN2O4S/c1-2-23-12-8-10(7-11(17)14(12)20)9-13-15(21)18-16(24-13)19-3-5-22-6-4-19/h7-9,20H,2-6H2,1H3/b13-9+. The Labute approximate surface area is 149 Å². The first-order valence-corrected chi connectivity index (χ1v) is 8.78. The minimum Gasteiger partial charge on any atom is -0.503 e. The molecule has 2 aliphatic rings. The molecule has 0 saturated carbocycles. The van der Waals surface area contributed by atoms with Gasteiger partial charge in [-0.15, -0.1) is 0 Å². The van der Waals surface area contributed by atoms with Gasteiger partial charge in [0.2, 0.25) is 0 Å². The molecule has 2 aliphatic heterocycles. The van der Waals surface area contributed by atoms with Crippen molar-refractivity contribution in [2.45, 2.75) is 6.92 Å². The quantitative estimate of drug-likeness (QED) is 0.827. The highest BCUT2D eigenvalue weighted by Crippen LogP contribution is 2.37. The molecule has 2 heterocycles. The summed E-state index contributed by atoms with van der Waals surface area (Å²) in [6.07, 6.45) is 1.71. The summed E-state index contributed by atoms with van der Waals surface area (Å²) in [5.41, 5.74) is 0.676. The van der Waals surface area contributed by atoms with E-state index in [9.17, 15) is 9.90 Å². The molecular formula is C16H17ClN2O4S. The fourth-order valence-corrected chi connectivity index (χ4v) is 3.57. The van der Waals surface area contributed by atoms with Crippen LogP contribution >= 0.6 is 23.4 Å². The molecule has 1 N–H and O–H groups in total. The number of halogens is 1. The second-order valence-electron chi connectivity index (χ2n) is 5.19. The van der Waals surface area contributed by atoms with E-state index in [4.69, 9.17) is 21.1 Å². The molecule has 0 aliphatic carbocycles. The molecule has 128 valence electrons. The first-order chi connectivity index (χ1) is 11.6. The number of ether oxygens (including phenoxy) is 2. The molecule has 0 aromatic heterocycles. The van der Waals surface area contributed by atoms with Crippen LogP contribution in [0.1, 0.15) is 12.5 Å². The highest BCUT2D eigenvalue weighted by Gasteiger charge is 2.27. The minimum absolute atomic E-state index is 0.101. The van der Waals surface area contributed by atoms with Crippen LogP contribution in [-0.4, -0.2) is 54.0 Å². The number of morpholine rings is 1. The lowest BCUT2D eigenvalue weighted by Crippen LogP contribution is -2.38. The number of aliphatic imine (C=N–C) groups is 1. The Morgan fingerprint density at radius 1 is 1.46 bits per heavy atom. The molecule has 0 atom stereocenters. The summed E-state index contributed by atoms with van der Waals surface area (Å²) in [5, 5.41) is 10.8. The van der Waals surface area contributed by atoms with Crippen LogP contribution in [-0.2, 0) is 9.53 Å². The fraction of sp³-hybridized carbons (Fsp3) is 0.375. The number of rotatable bonds is 3. The zero-order valence-electron chi connectivity index (χ0n) is 13.1. The lowest BCUT2D eigenvalue weighted by Gasteiger charge is -2.27. The van der Waals surface area contributed by atoms with Crippen LogP contribution in [0.2, 0.25) is 5.02 Å². The average molecular weight is 369 g/mol. The third kappa shape index (κ3) is 3.68. The number of hydrogen-bond acceptors (Lipinski definition) is 6. The second-order valence-corrected chi connectivity index (χ2v) is 6.61. The number of phenols is 1. The van der Waals surface area contributed by atoms with Gasteiger partial charge in [0, 0.05) is 13.1 Å². The third-order valence-corrected chi connectivity index (χ3v) is 4.87. The van der Waals surface area contributed by atoms with Gasteiger partial charge in [-0.25, -0.2) is 0 Å². The van der Waals surface area contributed by atoms with E-state index >= 15 is 0 Å². The summed E-state index contributed by atoms with van der Waals surface area (Å²) in [6, 6.07) is 3.24. The predicted octanol–water partition coefficient (Wildman–Crippen LogP) is 2.75. The molecule has 1 aromatic carbocycles. The Morgan fingerprint density at radius 2 is 2.21 bits per heavy atom. The molecule has 0 spiro atoms. The van der Waals surface area contributed by atoms with E-state index in [0.717, 1.165) is 13.1 Å². The number of amides is 1. The van der Waals surface area contributed by atoms with E-state index in [2.05, 4.69) is 4.99 Å². The summed E-state index contributed by atoms with van der Waals surface area (Å²) < 4.78 is 10.7. The zero-order valence-corrected chi connectivity index (χ0v) is 14.7. The lowest BCUT2D eigenvalue weighted by atomic mass is 10.2. The first kappa shape index (κ1) is 17.1. The van der Waals surface area contributed by atoms with Gasteiger partial charge in [-0.1, -0.05) is 11.6 Å². The molecule has 3 rings (SSSR count). The number of amidine groups is 1. The monoisotopic (exact) mass is 368 g/mol. The molecule has 0 radical (unpaired) electrons. The third-order valence-electron chi connectivity index (χ3n) is 3.54. The van der Waals surface area contributed by atoms with Crippen LogP contribution in [0.3, 0.4) is 0 Å². The van der Waals surface area contributed by atoms with Crippen LogP contribution in [0.25, 0.3) is 6.08 Å². The highest BCUT2D eigenvalue weighted by molar-refractivity contribution is 8.18. The summed E-state index contributed by atoms with van der Waals surface area (Å²) in [6.45, 7) is 4.95. The Hall–Kier alpha value is -1.70. The Morgan fingerprint density at radius 3 is 2.92 bits per heavy atom. The van der Waals surface area contributed by atoms with Gasteiger partial charge in [0.1, 0.15) is 0 Å². The van der Waals surface area contributed by atoms with Crippen molar-refractivity contribution in [1.29, 1.82) is 0 Å². The second kappa shape index (κ2) is 7.46. The minimum atomic E-state index is -0.274. The topological polar surface area (TPSA) is 71.4 Å². The van der Waals surface area contributed by atoms with Crippen LogP contribution in [0.4, 0.5) is 0 Å². The summed E-state index contributed by atoms with van der Waals surface area (Å²) in [4.78, 5) is 18.8. The van der Waals surface area contributed by atoms with Crippen molar-refractivity contribution in [2.24, 2.45) is 4.99 Å². The molecule has 24 heavy (non-hydrogen) atoms. The Kier molecular flexibility index (Phi) is 5.33. The number of carbonyl (C=O) groups is 1. The number of nitrogens with zero attached hydrogens (tertiary/aromatic N) is 2. The predicted molar refractivity (Wildman–Crippen MR) is 94.7 cm³/mol. The van der Waals surface area contributed by atoms with Crippen molar-refractivity contribution in [3.63, 3.8) is 0 Å². The average Bonchev–Trinajstić information content (AvgIpc) is 2.94. The van der Waals surface area contributed by atoms with Crippen LogP contribution in [0.15, 0.2) is 22.0 Å². The van der Waals surface area contributed by atoms with Crippen LogP contribution in [0.5, 0.6) is 11.5 Å². The Balaban J connectivity index is 1.81. The summed E-state index contributed by atoms with van der Waals surface area (Å²) in [5.74, 6) is -0.0819. The molecule has 0 bridgehead atoms. The number of benzene rings is 1. The van der Waals surface area contributed by atoms with Gasteiger partial charge >= 0.3 is 0 Å². The maximum atomic E-state index is 12.1. The van der Waals surface area contributed by atoms with E-state index in [-0.39, 0.29) is 16.7 Å². The summed E-state index contributed by atoms with van der Waals surface area (Å²) >= 11 is 7.36. The Bertz CT molecular complexity index is 714. The van der Waals surface area contributed by atoms with Crippen molar-refractivity contribution >= 4 is 40.5 Å². The van der Waals surface area contributed by atoms with Gasteiger partial charge in [0.05, 0.1) is 29.7 Å². The SMILES string of the molecule is CCOc1cc(/C=C2/SC(N3CCOCC3)=NC2=O)cc(Cl)c1O.